The SMILES string of the molecule is N#CC1(C#N)C(c2cccs2)OC23C=CCCC2C1(C#N)C(=N)O3. The van der Waals surface area contributed by atoms with Gasteiger partial charge < -0.3 is 9.47 Å². The standard InChI is InChI=1S/C17H12N4O2S/c18-8-15(9-19)13(11-4-3-7-24-11)22-17-6-2-1-5-12(17)16(15,10-20)14(21)23-17/h2-4,6-7,12-13,21H,1,5H2. The number of rotatable bonds is 1. The van der Waals surface area contributed by atoms with Gasteiger partial charge in [0, 0.05) is 4.88 Å². The van der Waals surface area contributed by atoms with E-state index in [-0.39, 0.29) is 5.90 Å². The average Bonchev–Trinajstić information content (AvgIpc) is 3.19. The second-order valence-corrected chi connectivity index (χ2v) is 7.13. The lowest BCUT2D eigenvalue weighted by Gasteiger charge is -2.49. The molecule has 1 aromatic heterocycles. The Morgan fingerprint density at radius 3 is 2.67 bits per heavy atom. The maximum Gasteiger partial charge on any atom is 0.237 e. The highest BCUT2D eigenvalue weighted by Crippen LogP contribution is 2.68. The maximum atomic E-state index is 10.0. The lowest BCUT2D eigenvalue weighted by atomic mass is 9.52. The van der Waals surface area contributed by atoms with Crippen molar-refractivity contribution >= 4 is 17.2 Å². The van der Waals surface area contributed by atoms with Crippen molar-refractivity contribution in [2.24, 2.45) is 16.7 Å². The van der Waals surface area contributed by atoms with Crippen molar-refractivity contribution in [2.75, 3.05) is 0 Å². The fourth-order valence-corrected chi connectivity index (χ4v) is 5.00. The normalized spacial score (nSPS) is 38.3. The van der Waals surface area contributed by atoms with Crippen LogP contribution in [0.4, 0.5) is 0 Å². The van der Waals surface area contributed by atoms with Crippen molar-refractivity contribution in [2.45, 2.75) is 24.7 Å². The molecule has 6 nitrogen and oxygen atoms in total. The summed E-state index contributed by atoms with van der Waals surface area (Å²) in [7, 11) is 0. The van der Waals surface area contributed by atoms with Crippen LogP contribution in [-0.4, -0.2) is 11.7 Å². The van der Waals surface area contributed by atoms with Gasteiger partial charge in [0.05, 0.1) is 24.1 Å². The third kappa shape index (κ3) is 1.39. The van der Waals surface area contributed by atoms with Crippen molar-refractivity contribution in [1.29, 1.82) is 21.2 Å². The van der Waals surface area contributed by atoms with Gasteiger partial charge in [0.15, 0.2) is 5.41 Å². The Morgan fingerprint density at radius 1 is 1.25 bits per heavy atom. The molecular weight excluding hydrogens is 324 g/mol. The number of hydrogen-bond acceptors (Lipinski definition) is 7. The van der Waals surface area contributed by atoms with Gasteiger partial charge in [0.25, 0.3) is 0 Å². The molecule has 7 heteroatoms. The predicted molar refractivity (Wildman–Crippen MR) is 83.3 cm³/mol. The molecule has 2 saturated heterocycles. The van der Waals surface area contributed by atoms with E-state index in [2.05, 4.69) is 6.07 Å². The molecule has 118 valence electrons. The summed E-state index contributed by atoms with van der Waals surface area (Å²) in [6, 6.07) is 9.79. The molecule has 0 saturated carbocycles. The van der Waals surface area contributed by atoms with Crippen LogP contribution in [0.5, 0.6) is 0 Å². The van der Waals surface area contributed by atoms with E-state index in [0.29, 0.717) is 17.7 Å². The van der Waals surface area contributed by atoms with Crippen LogP contribution in [0.15, 0.2) is 29.7 Å². The number of ether oxygens (including phenoxy) is 2. The molecule has 24 heavy (non-hydrogen) atoms. The number of nitriles is 3. The molecule has 0 radical (unpaired) electrons. The summed E-state index contributed by atoms with van der Waals surface area (Å²) >= 11 is 1.35. The van der Waals surface area contributed by atoms with Gasteiger partial charge in [0.1, 0.15) is 6.10 Å². The molecule has 1 aliphatic carbocycles. The molecule has 3 aliphatic rings. The second-order valence-electron chi connectivity index (χ2n) is 6.15. The minimum Gasteiger partial charge on any atom is -0.444 e. The van der Waals surface area contributed by atoms with Crippen molar-refractivity contribution in [3.05, 3.63) is 34.5 Å². The van der Waals surface area contributed by atoms with Gasteiger partial charge in [-0.2, -0.15) is 15.8 Å². The first-order valence-corrected chi connectivity index (χ1v) is 8.39. The van der Waals surface area contributed by atoms with E-state index in [1.165, 1.54) is 11.3 Å². The van der Waals surface area contributed by atoms with Crippen LogP contribution < -0.4 is 0 Å². The molecule has 4 unspecified atom stereocenters. The van der Waals surface area contributed by atoms with Gasteiger partial charge in [-0.05, 0) is 30.4 Å². The van der Waals surface area contributed by atoms with E-state index in [4.69, 9.17) is 14.9 Å². The molecule has 1 aromatic rings. The van der Waals surface area contributed by atoms with E-state index in [0.717, 1.165) is 0 Å². The smallest absolute Gasteiger partial charge is 0.237 e. The van der Waals surface area contributed by atoms with Gasteiger partial charge in [-0.15, -0.1) is 11.3 Å². The fraction of sp³-hybridized carbons (Fsp3) is 0.412. The van der Waals surface area contributed by atoms with Gasteiger partial charge in [-0.3, -0.25) is 5.41 Å². The van der Waals surface area contributed by atoms with Crippen LogP contribution in [-0.2, 0) is 9.47 Å². The summed E-state index contributed by atoms with van der Waals surface area (Å²) in [6.45, 7) is 0. The summed E-state index contributed by atoms with van der Waals surface area (Å²) in [5.74, 6) is -2.15. The highest BCUT2D eigenvalue weighted by Gasteiger charge is 2.80. The van der Waals surface area contributed by atoms with Crippen molar-refractivity contribution in [1.82, 2.24) is 0 Å². The van der Waals surface area contributed by atoms with Crippen LogP contribution >= 0.6 is 11.3 Å². The predicted octanol–water partition coefficient (Wildman–Crippen LogP) is 3.03. The first-order chi connectivity index (χ1) is 11.6. The Morgan fingerprint density at radius 2 is 2.04 bits per heavy atom. The molecule has 0 spiro atoms. The monoisotopic (exact) mass is 336 g/mol. The third-order valence-corrected chi connectivity index (χ3v) is 6.16. The van der Waals surface area contributed by atoms with Crippen LogP contribution in [0.25, 0.3) is 0 Å². The minimum absolute atomic E-state index is 0.344. The second kappa shape index (κ2) is 4.68. The van der Waals surface area contributed by atoms with E-state index < -0.39 is 28.6 Å². The molecule has 2 bridgehead atoms. The maximum absolute atomic E-state index is 10.0. The number of thiophene rings is 1. The number of hydrogen-bond donors (Lipinski definition) is 1. The fourth-order valence-electron chi connectivity index (χ4n) is 4.18. The van der Waals surface area contributed by atoms with Gasteiger partial charge in [-0.25, -0.2) is 0 Å². The van der Waals surface area contributed by atoms with Crippen molar-refractivity contribution in [3.63, 3.8) is 0 Å². The molecule has 0 amide bonds. The van der Waals surface area contributed by atoms with Crippen LogP contribution in [0.2, 0.25) is 0 Å². The summed E-state index contributed by atoms with van der Waals surface area (Å²) in [4.78, 5) is 0.674. The lowest BCUT2D eigenvalue weighted by molar-refractivity contribution is -0.257. The Kier molecular flexibility index (Phi) is 2.90. The molecule has 4 atom stereocenters. The molecule has 4 rings (SSSR count). The van der Waals surface area contributed by atoms with E-state index in [9.17, 15) is 15.8 Å². The van der Waals surface area contributed by atoms with Crippen LogP contribution in [0, 0.1) is 56.2 Å². The summed E-state index contributed by atoms with van der Waals surface area (Å²) in [5, 5.41) is 40.1. The molecule has 0 aromatic carbocycles. The highest BCUT2D eigenvalue weighted by molar-refractivity contribution is 7.10. The van der Waals surface area contributed by atoms with Gasteiger partial charge in [0.2, 0.25) is 17.1 Å². The molecule has 3 heterocycles. The Bertz CT molecular complexity index is 858. The first-order valence-electron chi connectivity index (χ1n) is 7.51. The molecule has 1 N–H and O–H groups in total. The molecular formula is C17H12N4O2S. The highest BCUT2D eigenvalue weighted by atomic mass is 32.1. The largest absolute Gasteiger partial charge is 0.444 e. The topological polar surface area (TPSA) is 114 Å². The average molecular weight is 336 g/mol. The quantitative estimate of drug-likeness (QED) is 0.792. The summed E-state index contributed by atoms with van der Waals surface area (Å²) in [6.07, 6.45) is 3.89. The van der Waals surface area contributed by atoms with E-state index in [1.54, 1.807) is 18.2 Å². The first kappa shape index (κ1) is 14.9. The Balaban J connectivity index is 2.05. The minimum atomic E-state index is -1.83. The zero-order valence-corrected chi connectivity index (χ0v) is 13.3. The van der Waals surface area contributed by atoms with E-state index >= 15 is 0 Å². The zero-order chi connectivity index (χ0) is 17.0. The Labute approximate surface area is 142 Å². The number of allylic oxidation sites excluding steroid dienone is 1. The number of nitrogens with one attached hydrogen (secondary N) is 1. The third-order valence-electron chi connectivity index (χ3n) is 5.25. The van der Waals surface area contributed by atoms with E-state index in [1.807, 2.05) is 23.6 Å². The summed E-state index contributed by atoms with van der Waals surface area (Å²) in [5.41, 5.74) is -3.48. The molecule has 2 aliphatic heterocycles. The van der Waals surface area contributed by atoms with Crippen molar-refractivity contribution in [3.8, 4) is 18.2 Å². The number of nitrogens with zero attached hydrogens (tertiary/aromatic N) is 3. The zero-order valence-electron chi connectivity index (χ0n) is 12.5. The van der Waals surface area contributed by atoms with Crippen molar-refractivity contribution < 1.29 is 9.47 Å². The lowest BCUT2D eigenvalue weighted by Crippen LogP contribution is -2.59. The van der Waals surface area contributed by atoms with Gasteiger partial charge in [-0.1, -0.05) is 12.1 Å². The van der Waals surface area contributed by atoms with Crippen LogP contribution in [0.3, 0.4) is 0 Å². The van der Waals surface area contributed by atoms with Gasteiger partial charge >= 0.3 is 0 Å². The summed E-state index contributed by atoms with van der Waals surface area (Å²) < 4.78 is 11.9. The molecule has 2 fully saturated rings. The Hall–Kier alpha value is -2.66. The van der Waals surface area contributed by atoms with Crippen LogP contribution in [0.1, 0.15) is 23.8 Å².